The minimum absolute atomic E-state index is 0.264. The van der Waals surface area contributed by atoms with E-state index in [0.717, 1.165) is 53.7 Å². The summed E-state index contributed by atoms with van der Waals surface area (Å²) in [7, 11) is 0. The number of ether oxygens (including phenoxy) is 2. The Hall–Kier alpha value is -4.65. The van der Waals surface area contributed by atoms with Crippen molar-refractivity contribution < 1.29 is 18.7 Å². The van der Waals surface area contributed by atoms with Gasteiger partial charge >= 0.3 is 5.97 Å². The first-order chi connectivity index (χ1) is 20.1. The third-order valence-electron chi connectivity index (χ3n) is 6.89. The van der Waals surface area contributed by atoms with Gasteiger partial charge in [-0.3, -0.25) is 5.10 Å². The Bertz CT molecular complexity index is 1540. The Morgan fingerprint density at radius 2 is 1.63 bits per heavy atom. The number of hydrogen-bond acceptors (Lipinski definition) is 4. The molecule has 3 aromatic carbocycles. The van der Waals surface area contributed by atoms with Crippen LogP contribution in [-0.4, -0.2) is 33.9 Å². The molecule has 0 aliphatic rings. The van der Waals surface area contributed by atoms with Gasteiger partial charge in [0, 0.05) is 30.1 Å². The zero-order chi connectivity index (χ0) is 28.4. The van der Waals surface area contributed by atoms with Crippen molar-refractivity contribution in [3.63, 3.8) is 0 Å². The molecule has 0 fully saturated rings. The predicted molar refractivity (Wildman–Crippen MR) is 158 cm³/mol. The fourth-order valence-corrected chi connectivity index (χ4v) is 4.78. The van der Waals surface area contributed by atoms with Gasteiger partial charge in [-0.05, 0) is 79.6 Å². The first-order valence-electron chi connectivity index (χ1n) is 14.0. The second kappa shape index (κ2) is 13.6. The molecule has 0 saturated heterocycles. The minimum Gasteiger partial charge on any atom is -0.494 e. The highest BCUT2D eigenvalue weighted by Crippen LogP contribution is 2.34. The zero-order valence-electron chi connectivity index (χ0n) is 23.2. The maximum atomic E-state index is 13.4. The van der Waals surface area contributed by atoms with Gasteiger partial charge < -0.3 is 14.0 Å². The maximum absolute atomic E-state index is 13.4. The summed E-state index contributed by atoms with van der Waals surface area (Å²) < 4.78 is 26.6. The summed E-state index contributed by atoms with van der Waals surface area (Å²) in [5, 5.41) is 7.19. The highest BCUT2D eigenvalue weighted by molar-refractivity contribution is 5.90. The fraction of sp³-hybridized carbons (Fsp3) is 0.235. The van der Waals surface area contributed by atoms with Crippen molar-refractivity contribution in [2.24, 2.45) is 0 Å². The van der Waals surface area contributed by atoms with Crippen molar-refractivity contribution in [2.75, 3.05) is 13.2 Å². The molecule has 0 radical (unpaired) electrons. The van der Waals surface area contributed by atoms with E-state index in [-0.39, 0.29) is 12.4 Å². The van der Waals surface area contributed by atoms with Crippen molar-refractivity contribution >= 4 is 5.97 Å². The number of rotatable bonds is 13. The average Bonchev–Trinajstić information content (AvgIpc) is 3.65. The van der Waals surface area contributed by atoms with Gasteiger partial charge in [0.2, 0.25) is 0 Å². The number of aromatic amines is 1. The molecule has 2 heterocycles. The summed E-state index contributed by atoms with van der Waals surface area (Å²) in [6, 6.07) is 26.8. The lowest BCUT2D eigenvalue weighted by molar-refractivity contribution is 0.0519. The van der Waals surface area contributed by atoms with Crippen LogP contribution in [0.4, 0.5) is 4.39 Å². The number of unbranched alkanes of at least 4 members (excludes halogenated alkanes) is 2. The Morgan fingerprint density at radius 3 is 2.39 bits per heavy atom. The lowest BCUT2D eigenvalue weighted by Gasteiger charge is -2.08. The van der Waals surface area contributed by atoms with E-state index in [0.29, 0.717) is 24.5 Å². The van der Waals surface area contributed by atoms with Gasteiger partial charge in [0.15, 0.2) is 0 Å². The molecule has 0 aliphatic heterocycles. The van der Waals surface area contributed by atoms with Crippen molar-refractivity contribution in [3.05, 3.63) is 120 Å². The number of nitrogens with one attached hydrogen (secondary N) is 1. The number of esters is 1. The first-order valence-corrected chi connectivity index (χ1v) is 14.0. The van der Waals surface area contributed by atoms with Crippen LogP contribution in [0, 0.1) is 5.82 Å². The molecule has 1 N–H and O–H groups in total. The van der Waals surface area contributed by atoms with Gasteiger partial charge in [-0.1, -0.05) is 54.6 Å². The van der Waals surface area contributed by atoms with E-state index in [1.165, 1.54) is 17.7 Å². The normalized spacial score (nSPS) is 11.0. The lowest BCUT2D eigenvalue weighted by Crippen LogP contribution is -2.04. The first kappa shape index (κ1) is 27.9. The monoisotopic (exact) mass is 551 g/mol. The molecule has 0 atom stereocenters. The molecule has 0 spiro atoms. The van der Waals surface area contributed by atoms with Crippen molar-refractivity contribution in [1.82, 2.24) is 14.8 Å². The van der Waals surface area contributed by atoms with Crippen LogP contribution in [0.25, 0.3) is 22.4 Å². The van der Waals surface area contributed by atoms with E-state index in [1.54, 1.807) is 25.1 Å². The van der Waals surface area contributed by atoms with Crippen LogP contribution < -0.4 is 4.74 Å². The molecule has 5 rings (SSSR count). The summed E-state index contributed by atoms with van der Waals surface area (Å²) in [5.41, 5.74) is 6.10. The Morgan fingerprint density at radius 1 is 0.878 bits per heavy atom. The van der Waals surface area contributed by atoms with Crippen LogP contribution in [0.3, 0.4) is 0 Å². The number of benzene rings is 3. The molecular weight excluding hydrogens is 517 g/mol. The second-order valence-electron chi connectivity index (χ2n) is 9.94. The highest BCUT2D eigenvalue weighted by atomic mass is 19.1. The molecule has 0 aliphatic carbocycles. The van der Waals surface area contributed by atoms with E-state index in [9.17, 15) is 9.18 Å². The standard InChI is InChI=1S/C34H34FN3O3/c1-2-40-34(39)33-21-32(36-37-33)31-24-38(22-26-12-16-28(35)17-13-26)23-30(31)27-14-18-29(19-15-27)41-20-8-4-7-11-25-9-5-3-6-10-25/h3,5-6,9-10,12-19,21,23-24H,2,4,7-8,11,20,22H2,1H3,(H,36,37). The molecular formula is C34H34FN3O3. The molecule has 0 bridgehead atoms. The Kier molecular flexibility index (Phi) is 9.26. The van der Waals surface area contributed by atoms with Gasteiger partial charge in [0.05, 0.1) is 18.9 Å². The number of halogens is 1. The van der Waals surface area contributed by atoms with Crippen LogP contribution >= 0.6 is 0 Å². The van der Waals surface area contributed by atoms with Crippen LogP contribution in [0.1, 0.15) is 47.8 Å². The number of hydrogen-bond donors (Lipinski definition) is 1. The quantitative estimate of drug-likeness (QED) is 0.120. The second-order valence-corrected chi connectivity index (χ2v) is 9.94. The molecule has 0 saturated carbocycles. The van der Waals surface area contributed by atoms with E-state index in [4.69, 9.17) is 9.47 Å². The lowest BCUT2D eigenvalue weighted by atomic mass is 10.0. The number of carbonyl (C=O) groups is 1. The summed E-state index contributed by atoms with van der Waals surface area (Å²) in [6.07, 6.45) is 8.40. The largest absolute Gasteiger partial charge is 0.494 e. The van der Waals surface area contributed by atoms with E-state index in [1.807, 2.05) is 47.3 Å². The molecule has 0 amide bonds. The highest BCUT2D eigenvalue weighted by Gasteiger charge is 2.17. The number of aryl methyl sites for hydroxylation is 1. The molecule has 41 heavy (non-hydrogen) atoms. The Labute approximate surface area is 239 Å². The summed E-state index contributed by atoms with van der Waals surface area (Å²) >= 11 is 0. The third-order valence-corrected chi connectivity index (χ3v) is 6.89. The van der Waals surface area contributed by atoms with Gasteiger partial charge in [-0.25, -0.2) is 9.18 Å². The smallest absolute Gasteiger partial charge is 0.356 e. The van der Waals surface area contributed by atoms with Gasteiger partial charge in [0.1, 0.15) is 17.3 Å². The van der Waals surface area contributed by atoms with Crippen molar-refractivity contribution in [1.29, 1.82) is 0 Å². The molecule has 7 heteroatoms. The van der Waals surface area contributed by atoms with Gasteiger partial charge in [0.25, 0.3) is 0 Å². The van der Waals surface area contributed by atoms with Crippen LogP contribution in [-0.2, 0) is 17.7 Å². The third kappa shape index (κ3) is 7.51. The Balaban J connectivity index is 1.27. The number of aromatic nitrogens is 3. The van der Waals surface area contributed by atoms with E-state index < -0.39 is 5.97 Å². The zero-order valence-corrected chi connectivity index (χ0v) is 23.2. The van der Waals surface area contributed by atoms with Crippen LogP contribution in [0.5, 0.6) is 5.75 Å². The SMILES string of the molecule is CCOC(=O)c1cc(-c2cn(Cc3ccc(F)cc3)cc2-c2ccc(OCCCCCc3ccccc3)cc2)n[nH]1. The van der Waals surface area contributed by atoms with E-state index in [2.05, 4.69) is 34.5 Å². The predicted octanol–water partition coefficient (Wildman–Crippen LogP) is 7.70. The molecule has 2 aromatic heterocycles. The van der Waals surface area contributed by atoms with Crippen LogP contribution in [0.15, 0.2) is 97.3 Å². The maximum Gasteiger partial charge on any atom is 0.356 e. The topological polar surface area (TPSA) is 69.1 Å². The van der Waals surface area contributed by atoms with Crippen molar-refractivity contribution in [3.8, 4) is 28.1 Å². The fourth-order valence-electron chi connectivity index (χ4n) is 4.78. The van der Waals surface area contributed by atoms with Crippen LogP contribution in [0.2, 0.25) is 0 Å². The summed E-state index contributed by atoms with van der Waals surface area (Å²) in [6.45, 7) is 3.29. The van der Waals surface area contributed by atoms with Gasteiger partial charge in [-0.15, -0.1) is 0 Å². The number of carbonyl (C=O) groups excluding carboxylic acids is 1. The molecule has 6 nitrogen and oxygen atoms in total. The summed E-state index contributed by atoms with van der Waals surface area (Å²) in [5.74, 6) is 0.119. The molecule has 210 valence electrons. The van der Waals surface area contributed by atoms with Crippen molar-refractivity contribution in [2.45, 2.75) is 39.2 Å². The van der Waals surface area contributed by atoms with Gasteiger partial charge in [-0.2, -0.15) is 5.10 Å². The summed E-state index contributed by atoms with van der Waals surface area (Å²) in [4.78, 5) is 12.2. The minimum atomic E-state index is -0.444. The molecule has 0 unspecified atom stereocenters. The van der Waals surface area contributed by atoms with E-state index >= 15 is 0 Å². The average molecular weight is 552 g/mol. The number of H-pyrrole nitrogens is 1. The molecule has 5 aromatic rings. The number of nitrogens with zero attached hydrogens (tertiary/aromatic N) is 2.